The minimum absolute atomic E-state index is 0.290. The summed E-state index contributed by atoms with van der Waals surface area (Å²) in [6.07, 6.45) is 1.06. The summed E-state index contributed by atoms with van der Waals surface area (Å²) in [5.41, 5.74) is 6.00. The maximum atomic E-state index is 12.0. The van der Waals surface area contributed by atoms with E-state index in [-0.39, 0.29) is 5.91 Å². The molecule has 5 nitrogen and oxygen atoms in total. The zero-order valence-corrected chi connectivity index (χ0v) is 11.9. The molecule has 1 saturated heterocycles. The van der Waals surface area contributed by atoms with Crippen LogP contribution in [0.4, 0.5) is 0 Å². The Hall–Kier alpha value is -1.40. The smallest absolute Gasteiger partial charge is 0.250 e. The number of benzene rings is 1. The number of nitrogens with one attached hydrogen (secondary N) is 1. The molecule has 1 aromatic rings. The van der Waals surface area contributed by atoms with Crippen molar-refractivity contribution in [2.75, 3.05) is 6.61 Å². The normalized spacial score (nSPS) is 19.9. The van der Waals surface area contributed by atoms with E-state index in [1.54, 1.807) is 18.2 Å². The number of primary amides is 1. The van der Waals surface area contributed by atoms with Gasteiger partial charge in [-0.25, -0.2) is 0 Å². The third-order valence-electron chi connectivity index (χ3n) is 2.98. The number of ether oxygens (including phenoxy) is 1. The zero-order chi connectivity index (χ0) is 13.8. The second kappa shape index (κ2) is 6.16. The lowest BCUT2D eigenvalue weighted by Crippen LogP contribution is -2.42. The van der Waals surface area contributed by atoms with E-state index in [1.807, 2.05) is 6.07 Å². The number of nitrogens with two attached hydrogens (primary N) is 1. The van der Waals surface area contributed by atoms with Crippen LogP contribution in [0.1, 0.15) is 24.4 Å². The Morgan fingerprint density at radius 2 is 2.26 bits per heavy atom. The SMILES string of the molecule is NC(=O)[C@H](NC(=O)[C@H]1CCCO1)c1cccc(Br)c1. The van der Waals surface area contributed by atoms with Crippen LogP contribution in [0.2, 0.25) is 0 Å². The molecule has 0 saturated carbocycles. The summed E-state index contributed by atoms with van der Waals surface area (Å²) in [4.78, 5) is 23.5. The molecule has 1 aliphatic heterocycles. The van der Waals surface area contributed by atoms with Gasteiger partial charge in [-0.1, -0.05) is 28.1 Å². The highest BCUT2D eigenvalue weighted by Crippen LogP contribution is 2.19. The average Bonchev–Trinajstić information content (AvgIpc) is 2.89. The molecule has 0 spiro atoms. The minimum atomic E-state index is -0.839. The number of hydrogen-bond donors (Lipinski definition) is 2. The molecule has 2 amide bonds. The van der Waals surface area contributed by atoms with Gasteiger partial charge in [-0.15, -0.1) is 0 Å². The fourth-order valence-corrected chi connectivity index (χ4v) is 2.44. The standard InChI is InChI=1S/C13H15BrN2O3/c14-9-4-1-3-8(7-9)11(12(15)17)16-13(18)10-5-2-6-19-10/h1,3-4,7,10-11H,2,5-6H2,(H2,15,17)(H,16,18)/t10-,11-/m1/s1. The molecule has 0 radical (unpaired) electrons. The van der Waals surface area contributed by atoms with Gasteiger partial charge >= 0.3 is 0 Å². The molecular formula is C13H15BrN2O3. The minimum Gasteiger partial charge on any atom is -0.368 e. The van der Waals surface area contributed by atoms with E-state index in [9.17, 15) is 9.59 Å². The van der Waals surface area contributed by atoms with Crippen LogP contribution in [-0.4, -0.2) is 24.5 Å². The molecule has 1 aliphatic rings. The van der Waals surface area contributed by atoms with Crippen LogP contribution in [0.25, 0.3) is 0 Å². The van der Waals surface area contributed by atoms with Crippen molar-refractivity contribution in [3.8, 4) is 0 Å². The van der Waals surface area contributed by atoms with Crippen LogP contribution in [0.3, 0.4) is 0 Å². The van der Waals surface area contributed by atoms with E-state index in [0.717, 1.165) is 10.9 Å². The number of amides is 2. The van der Waals surface area contributed by atoms with Crippen LogP contribution in [0.15, 0.2) is 28.7 Å². The van der Waals surface area contributed by atoms with Crippen molar-refractivity contribution in [1.82, 2.24) is 5.32 Å². The number of hydrogen-bond acceptors (Lipinski definition) is 3. The first-order valence-electron chi connectivity index (χ1n) is 6.04. The molecule has 2 atom stereocenters. The molecule has 1 aromatic carbocycles. The molecule has 3 N–H and O–H groups in total. The second-order valence-electron chi connectivity index (χ2n) is 4.40. The van der Waals surface area contributed by atoms with Gasteiger partial charge in [0.1, 0.15) is 12.1 Å². The van der Waals surface area contributed by atoms with Crippen LogP contribution in [0.5, 0.6) is 0 Å². The van der Waals surface area contributed by atoms with E-state index in [1.165, 1.54) is 0 Å². The third kappa shape index (κ3) is 3.54. The molecule has 0 bridgehead atoms. The van der Waals surface area contributed by atoms with Gasteiger partial charge in [0.05, 0.1) is 0 Å². The number of carbonyl (C=O) groups excluding carboxylic acids is 2. The molecule has 19 heavy (non-hydrogen) atoms. The van der Waals surface area contributed by atoms with Crippen molar-refractivity contribution >= 4 is 27.7 Å². The van der Waals surface area contributed by atoms with Gasteiger partial charge in [0.15, 0.2) is 0 Å². The van der Waals surface area contributed by atoms with Crippen LogP contribution < -0.4 is 11.1 Å². The zero-order valence-electron chi connectivity index (χ0n) is 10.3. The predicted molar refractivity (Wildman–Crippen MR) is 73.2 cm³/mol. The molecule has 0 aromatic heterocycles. The molecule has 0 unspecified atom stereocenters. The first kappa shape index (κ1) is 14.0. The van der Waals surface area contributed by atoms with E-state index >= 15 is 0 Å². The quantitative estimate of drug-likeness (QED) is 0.874. The van der Waals surface area contributed by atoms with Gasteiger partial charge in [0.2, 0.25) is 11.8 Å². The van der Waals surface area contributed by atoms with Gasteiger partial charge in [-0.2, -0.15) is 0 Å². The topological polar surface area (TPSA) is 81.4 Å². The van der Waals surface area contributed by atoms with E-state index in [2.05, 4.69) is 21.2 Å². The Balaban J connectivity index is 2.12. The van der Waals surface area contributed by atoms with Crippen LogP contribution in [-0.2, 0) is 14.3 Å². The Bertz CT molecular complexity index is 487. The summed E-state index contributed by atoms with van der Waals surface area (Å²) in [5, 5.41) is 2.64. The molecule has 0 aliphatic carbocycles. The van der Waals surface area contributed by atoms with E-state index in [4.69, 9.17) is 10.5 Å². The van der Waals surface area contributed by atoms with E-state index in [0.29, 0.717) is 18.6 Å². The van der Waals surface area contributed by atoms with Crippen LogP contribution >= 0.6 is 15.9 Å². The Kier molecular flexibility index (Phi) is 4.55. The van der Waals surface area contributed by atoms with Gasteiger partial charge in [0.25, 0.3) is 0 Å². The summed E-state index contributed by atoms with van der Waals surface area (Å²) >= 11 is 3.32. The molecule has 1 heterocycles. The van der Waals surface area contributed by atoms with Crippen molar-refractivity contribution in [1.29, 1.82) is 0 Å². The van der Waals surface area contributed by atoms with Gasteiger partial charge < -0.3 is 15.8 Å². The van der Waals surface area contributed by atoms with Crippen molar-refractivity contribution in [3.05, 3.63) is 34.3 Å². The predicted octanol–water partition coefficient (Wildman–Crippen LogP) is 1.27. The largest absolute Gasteiger partial charge is 0.368 e. The number of rotatable bonds is 4. The highest BCUT2D eigenvalue weighted by atomic mass is 79.9. The first-order valence-corrected chi connectivity index (χ1v) is 6.84. The van der Waals surface area contributed by atoms with Crippen molar-refractivity contribution in [2.24, 2.45) is 5.73 Å². The monoisotopic (exact) mass is 326 g/mol. The van der Waals surface area contributed by atoms with Crippen molar-refractivity contribution in [3.63, 3.8) is 0 Å². The molecule has 102 valence electrons. The fourth-order valence-electron chi connectivity index (χ4n) is 2.02. The summed E-state index contributed by atoms with van der Waals surface area (Å²) in [7, 11) is 0. The second-order valence-corrected chi connectivity index (χ2v) is 5.32. The molecule has 2 rings (SSSR count). The molecule has 6 heteroatoms. The highest BCUT2D eigenvalue weighted by Gasteiger charge is 2.28. The lowest BCUT2D eigenvalue weighted by molar-refractivity contribution is -0.133. The lowest BCUT2D eigenvalue weighted by Gasteiger charge is -2.18. The Morgan fingerprint density at radius 1 is 1.47 bits per heavy atom. The first-order chi connectivity index (χ1) is 9.08. The fraction of sp³-hybridized carbons (Fsp3) is 0.385. The summed E-state index contributed by atoms with van der Waals surface area (Å²) in [6.45, 7) is 0.580. The maximum absolute atomic E-state index is 12.0. The average molecular weight is 327 g/mol. The summed E-state index contributed by atoms with van der Waals surface area (Å²) in [6, 6.07) is 6.28. The van der Waals surface area contributed by atoms with Gasteiger partial charge in [0, 0.05) is 11.1 Å². The van der Waals surface area contributed by atoms with Crippen LogP contribution in [0, 0.1) is 0 Å². The summed E-state index contributed by atoms with van der Waals surface area (Å²) in [5.74, 6) is -0.884. The summed E-state index contributed by atoms with van der Waals surface area (Å²) < 4.78 is 6.10. The third-order valence-corrected chi connectivity index (χ3v) is 3.47. The number of halogens is 1. The maximum Gasteiger partial charge on any atom is 0.250 e. The van der Waals surface area contributed by atoms with Crippen molar-refractivity contribution in [2.45, 2.75) is 25.0 Å². The van der Waals surface area contributed by atoms with Gasteiger partial charge in [-0.3, -0.25) is 9.59 Å². The van der Waals surface area contributed by atoms with Crippen molar-refractivity contribution < 1.29 is 14.3 Å². The Labute approximate surface area is 119 Å². The lowest BCUT2D eigenvalue weighted by atomic mass is 10.1. The Morgan fingerprint density at radius 3 is 2.84 bits per heavy atom. The van der Waals surface area contributed by atoms with E-state index < -0.39 is 18.1 Å². The molecular weight excluding hydrogens is 312 g/mol. The molecule has 1 fully saturated rings. The van der Waals surface area contributed by atoms with Gasteiger partial charge in [-0.05, 0) is 30.5 Å². The number of carbonyl (C=O) groups is 2. The highest BCUT2D eigenvalue weighted by molar-refractivity contribution is 9.10.